The second-order valence-corrected chi connectivity index (χ2v) is 4.62. The zero-order valence-electron chi connectivity index (χ0n) is 6.92. The molecule has 5 heteroatoms. The molecule has 0 bridgehead atoms. The molecule has 0 spiro atoms. The summed E-state index contributed by atoms with van der Waals surface area (Å²) < 4.78 is 1.46. The minimum absolute atomic E-state index is 0.0371. The Balaban J connectivity index is 3.19. The minimum Gasteiger partial charge on any atom is -0.481 e. The number of nitrogens with zero attached hydrogens (tertiary/aromatic N) is 1. The molecule has 0 aliphatic rings. The van der Waals surface area contributed by atoms with E-state index < -0.39 is 5.97 Å². The number of hydrogen-bond donors (Lipinski definition) is 1. The molecule has 1 rings (SSSR count). The predicted molar refractivity (Wildman–Crippen MR) is 62.9 cm³/mol. The van der Waals surface area contributed by atoms with Gasteiger partial charge in [-0.15, -0.1) is 0 Å². The van der Waals surface area contributed by atoms with Crippen LogP contribution >= 0.6 is 38.5 Å². The molecule has 0 atom stereocenters. The monoisotopic (exact) mass is 365 g/mol. The first-order chi connectivity index (χ1) is 6.54. The molecule has 1 N–H and O–H groups in total. The maximum Gasteiger partial charge on any atom is 0.307 e. The lowest BCUT2D eigenvalue weighted by Crippen LogP contribution is -2.03. The van der Waals surface area contributed by atoms with Crippen molar-refractivity contribution in [3.8, 4) is 6.07 Å². The summed E-state index contributed by atoms with van der Waals surface area (Å²) in [6, 6.07) is 5.30. The zero-order chi connectivity index (χ0) is 10.7. The average molecular weight is 366 g/mol. The summed E-state index contributed by atoms with van der Waals surface area (Å²) in [4.78, 5) is 10.5. The van der Waals surface area contributed by atoms with E-state index in [1.54, 1.807) is 12.1 Å². The Morgan fingerprint density at radius 2 is 2.29 bits per heavy atom. The van der Waals surface area contributed by atoms with E-state index in [1.807, 2.05) is 28.7 Å². The average Bonchev–Trinajstić information content (AvgIpc) is 2.10. The lowest BCUT2D eigenvalue weighted by atomic mass is 10.1. The largest absolute Gasteiger partial charge is 0.481 e. The Bertz CT molecular complexity index is 402. The van der Waals surface area contributed by atoms with Crippen molar-refractivity contribution in [2.24, 2.45) is 0 Å². The van der Waals surface area contributed by atoms with Gasteiger partial charge in [-0.3, -0.25) is 4.79 Å². The van der Waals surface area contributed by atoms with Crippen LogP contribution in [0.3, 0.4) is 0 Å². The van der Waals surface area contributed by atoms with Gasteiger partial charge in [0.15, 0.2) is 0 Å². The number of halogens is 2. The van der Waals surface area contributed by atoms with Crippen LogP contribution in [0, 0.1) is 14.9 Å². The molecule has 72 valence electrons. The van der Waals surface area contributed by atoms with E-state index in [1.165, 1.54) is 0 Å². The highest BCUT2D eigenvalue weighted by atomic mass is 127. The van der Waals surface area contributed by atoms with Crippen LogP contribution < -0.4 is 0 Å². The number of rotatable bonds is 2. The van der Waals surface area contributed by atoms with Crippen LogP contribution in [0.1, 0.15) is 11.1 Å². The summed E-state index contributed by atoms with van der Waals surface area (Å²) >= 11 is 5.27. The highest BCUT2D eigenvalue weighted by Gasteiger charge is 2.10. The van der Waals surface area contributed by atoms with Crippen molar-refractivity contribution in [3.63, 3.8) is 0 Å². The fraction of sp³-hybridized carbons (Fsp3) is 0.111. The molecule has 0 unspecified atom stereocenters. The smallest absolute Gasteiger partial charge is 0.307 e. The van der Waals surface area contributed by atoms with Gasteiger partial charge in [0.05, 0.1) is 18.1 Å². The van der Waals surface area contributed by atoms with E-state index in [0.29, 0.717) is 15.6 Å². The van der Waals surface area contributed by atoms with Gasteiger partial charge in [-0.05, 0) is 40.3 Å². The van der Waals surface area contributed by atoms with Crippen LogP contribution in [-0.2, 0) is 11.2 Å². The summed E-state index contributed by atoms with van der Waals surface area (Å²) in [5, 5.41) is 17.3. The lowest BCUT2D eigenvalue weighted by molar-refractivity contribution is -0.136. The number of carboxylic acid groups (broad SMARTS) is 1. The van der Waals surface area contributed by atoms with Gasteiger partial charge in [-0.25, -0.2) is 0 Å². The van der Waals surface area contributed by atoms with Gasteiger partial charge in [0, 0.05) is 8.04 Å². The first kappa shape index (κ1) is 11.5. The number of benzene rings is 1. The molecular weight excluding hydrogens is 361 g/mol. The standard InChI is InChI=1S/C9H5BrINO2/c10-7-1-5(4-12)2-8(11)6(7)3-9(13)14/h1-2H,3H2,(H,13,14). The lowest BCUT2D eigenvalue weighted by Gasteiger charge is -2.04. The second-order valence-electron chi connectivity index (χ2n) is 2.60. The minimum atomic E-state index is -0.881. The van der Waals surface area contributed by atoms with Gasteiger partial charge in [-0.1, -0.05) is 15.9 Å². The Morgan fingerprint density at radius 3 is 2.71 bits per heavy atom. The molecule has 0 saturated carbocycles. The summed E-state index contributed by atoms with van der Waals surface area (Å²) in [5.41, 5.74) is 1.23. The second kappa shape index (κ2) is 4.75. The quantitative estimate of drug-likeness (QED) is 0.819. The number of hydrogen-bond acceptors (Lipinski definition) is 2. The Labute approximate surface area is 103 Å². The molecule has 0 saturated heterocycles. The van der Waals surface area contributed by atoms with E-state index in [0.717, 1.165) is 3.57 Å². The van der Waals surface area contributed by atoms with Gasteiger partial charge < -0.3 is 5.11 Å². The number of nitriles is 1. The number of carbonyl (C=O) groups is 1. The molecule has 1 aromatic carbocycles. The van der Waals surface area contributed by atoms with Crippen molar-refractivity contribution in [2.45, 2.75) is 6.42 Å². The van der Waals surface area contributed by atoms with Gasteiger partial charge in [0.1, 0.15) is 0 Å². The topological polar surface area (TPSA) is 61.1 Å². The predicted octanol–water partition coefficient (Wildman–Crippen LogP) is 2.55. The van der Waals surface area contributed by atoms with Crippen molar-refractivity contribution in [1.82, 2.24) is 0 Å². The van der Waals surface area contributed by atoms with E-state index in [4.69, 9.17) is 10.4 Å². The molecule has 14 heavy (non-hydrogen) atoms. The van der Waals surface area contributed by atoms with Crippen molar-refractivity contribution < 1.29 is 9.90 Å². The molecule has 0 heterocycles. The van der Waals surface area contributed by atoms with Crippen LogP contribution in [0.4, 0.5) is 0 Å². The Kier molecular flexibility index (Phi) is 3.89. The third kappa shape index (κ3) is 2.69. The summed E-state index contributed by atoms with van der Waals surface area (Å²) in [5.74, 6) is -0.881. The SMILES string of the molecule is N#Cc1cc(Br)c(CC(=O)O)c(I)c1. The molecule has 0 aromatic heterocycles. The Hall–Kier alpha value is -0.610. The molecule has 0 radical (unpaired) electrons. The highest BCUT2D eigenvalue weighted by Crippen LogP contribution is 2.24. The maximum atomic E-state index is 10.5. The van der Waals surface area contributed by atoms with Crippen molar-refractivity contribution in [3.05, 3.63) is 31.3 Å². The molecule has 0 amide bonds. The normalized spacial score (nSPS) is 9.50. The zero-order valence-corrected chi connectivity index (χ0v) is 10.7. The number of carboxylic acids is 1. The molecule has 0 aliphatic heterocycles. The molecule has 3 nitrogen and oxygen atoms in total. The molecule has 1 aromatic rings. The fourth-order valence-corrected chi connectivity index (χ4v) is 2.78. The Morgan fingerprint density at radius 1 is 1.64 bits per heavy atom. The van der Waals surface area contributed by atoms with Crippen molar-refractivity contribution in [2.75, 3.05) is 0 Å². The summed E-state index contributed by atoms with van der Waals surface area (Å²) in [6.07, 6.45) is -0.0371. The first-order valence-corrected chi connectivity index (χ1v) is 5.51. The van der Waals surface area contributed by atoms with Crippen molar-refractivity contribution >= 4 is 44.5 Å². The molecule has 0 fully saturated rings. The van der Waals surface area contributed by atoms with Gasteiger partial charge in [-0.2, -0.15) is 5.26 Å². The van der Waals surface area contributed by atoms with E-state index in [-0.39, 0.29) is 6.42 Å². The molecular formula is C9H5BrINO2. The third-order valence-corrected chi connectivity index (χ3v) is 3.27. The van der Waals surface area contributed by atoms with Crippen LogP contribution in [-0.4, -0.2) is 11.1 Å². The van der Waals surface area contributed by atoms with Crippen molar-refractivity contribution in [1.29, 1.82) is 5.26 Å². The van der Waals surface area contributed by atoms with E-state index in [2.05, 4.69) is 15.9 Å². The van der Waals surface area contributed by atoms with Crippen LogP contribution in [0.5, 0.6) is 0 Å². The van der Waals surface area contributed by atoms with Gasteiger partial charge in [0.2, 0.25) is 0 Å². The van der Waals surface area contributed by atoms with E-state index >= 15 is 0 Å². The fourth-order valence-electron chi connectivity index (χ4n) is 0.988. The first-order valence-electron chi connectivity index (χ1n) is 3.64. The van der Waals surface area contributed by atoms with Crippen LogP contribution in [0.15, 0.2) is 16.6 Å². The number of aliphatic carboxylic acids is 1. The van der Waals surface area contributed by atoms with Crippen LogP contribution in [0.2, 0.25) is 0 Å². The highest BCUT2D eigenvalue weighted by molar-refractivity contribution is 14.1. The van der Waals surface area contributed by atoms with Crippen LogP contribution in [0.25, 0.3) is 0 Å². The van der Waals surface area contributed by atoms with E-state index in [9.17, 15) is 4.79 Å². The third-order valence-electron chi connectivity index (χ3n) is 1.60. The summed E-state index contributed by atoms with van der Waals surface area (Å²) in [6.45, 7) is 0. The molecule has 0 aliphatic carbocycles. The maximum absolute atomic E-state index is 10.5. The van der Waals surface area contributed by atoms with Gasteiger partial charge in [0.25, 0.3) is 0 Å². The van der Waals surface area contributed by atoms with Gasteiger partial charge >= 0.3 is 5.97 Å². The summed E-state index contributed by atoms with van der Waals surface area (Å²) in [7, 11) is 0.